The first-order valence-electron chi connectivity index (χ1n) is 1.69. The van der Waals surface area contributed by atoms with Crippen LogP contribution in [0.15, 0.2) is 13.2 Å². The van der Waals surface area contributed by atoms with Crippen LogP contribution in [-0.2, 0) is 4.79 Å². The first kappa shape index (κ1) is 15.7. The molecule has 0 aromatic heterocycles. The normalized spacial score (nSPS) is 5.12. The molecular formula is C4H12N2O2. The van der Waals surface area contributed by atoms with Crippen molar-refractivity contribution in [3.8, 4) is 0 Å². The van der Waals surface area contributed by atoms with Crippen LogP contribution in [0.2, 0.25) is 0 Å². The second kappa shape index (κ2) is 16.5. The molecule has 0 saturated heterocycles. The summed E-state index contributed by atoms with van der Waals surface area (Å²) >= 11 is 0. The highest BCUT2D eigenvalue weighted by molar-refractivity contribution is 5.68. The van der Waals surface area contributed by atoms with Crippen LogP contribution in [0.5, 0.6) is 0 Å². The molecule has 0 radical (unpaired) electrons. The van der Waals surface area contributed by atoms with E-state index in [1.54, 1.807) is 0 Å². The molecule has 0 fully saturated rings. The standard InChI is InChI=1S/C2H5NO2.C2H4.H3N/c3-1-2(4)5;1-2;/h1,3H2,(H,4,5);1-2H2;1H3. The maximum atomic E-state index is 9.24. The van der Waals surface area contributed by atoms with Crippen LogP contribution in [-0.4, -0.2) is 17.6 Å². The number of carboxylic acids is 1. The zero-order valence-corrected chi connectivity index (χ0v) is 4.76. The topological polar surface area (TPSA) is 98.3 Å². The molecule has 50 valence electrons. The summed E-state index contributed by atoms with van der Waals surface area (Å²) < 4.78 is 0. The van der Waals surface area contributed by atoms with Crippen molar-refractivity contribution in [3.05, 3.63) is 13.2 Å². The molecule has 0 aliphatic rings. The largest absolute Gasteiger partial charge is 0.480 e. The molecule has 0 heterocycles. The molecule has 0 aliphatic heterocycles. The van der Waals surface area contributed by atoms with Crippen molar-refractivity contribution in [1.82, 2.24) is 6.15 Å². The van der Waals surface area contributed by atoms with E-state index in [4.69, 9.17) is 5.11 Å². The Kier molecular flexibility index (Phi) is 32.3. The molecule has 0 aromatic carbocycles. The average molecular weight is 120 g/mol. The molecule has 0 unspecified atom stereocenters. The van der Waals surface area contributed by atoms with Gasteiger partial charge in [0.2, 0.25) is 0 Å². The highest BCUT2D eigenvalue weighted by Crippen LogP contribution is 1.43. The third-order valence-electron chi connectivity index (χ3n) is 0.175. The first-order chi connectivity index (χ1) is 3.27. The molecule has 0 aliphatic carbocycles. The number of hydrogen-bond donors (Lipinski definition) is 3. The van der Waals surface area contributed by atoms with Gasteiger partial charge in [-0.2, -0.15) is 0 Å². The molecular weight excluding hydrogens is 108 g/mol. The van der Waals surface area contributed by atoms with Crippen LogP contribution in [0, 0.1) is 0 Å². The van der Waals surface area contributed by atoms with Crippen LogP contribution in [0.1, 0.15) is 0 Å². The van der Waals surface area contributed by atoms with E-state index in [-0.39, 0.29) is 12.7 Å². The Balaban J connectivity index is -0.0000000750. The Bertz CT molecular complexity index is 56.0. The monoisotopic (exact) mass is 120 g/mol. The quantitative estimate of drug-likeness (QED) is 0.424. The summed E-state index contributed by atoms with van der Waals surface area (Å²) in [5.74, 6) is -0.968. The summed E-state index contributed by atoms with van der Waals surface area (Å²) in [6.45, 7) is 5.72. The molecule has 8 heavy (non-hydrogen) atoms. The number of aliphatic carboxylic acids is 1. The summed E-state index contributed by atoms with van der Waals surface area (Å²) in [5, 5.41) is 7.60. The number of hydrogen-bond acceptors (Lipinski definition) is 3. The van der Waals surface area contributed by atoms with Crippen molar-refractivity contribution in [2.45, 2.75) is 0 Å². The fourth-order valence-electron chi connectivity index (χ4n) is 0. The molecule has 0 spiro atoms. The van der Waals surface area contributed by atoms with Gasteiger partial charge < -0.3 is 17.0 Å². The first-order valence-corrected chi connectivity index (χ1v) is 1.69. The van der Waals surface area contributed by atoms with Crippen molar-refractivity contribution >= 4 is 5.97 Å². The van der Waals surface area contributed by atoms with E-state index in [2.05, 4.69) is 18.9 Å². The van der Waals surface area contributed by atoms with Gasteiger partial charge in [0.15, 0.2) is 0 Å². The highest BCUT2D eigenvalue weighted by atomic mass is 16.4. The van der Waals surface area contributed by atoms with Crippen LogP contribution >= 0.6 is 0 Å². The summed E-state index contributed by atoms with van der Waals surface area (Å²) in [4.78, 5) is 9.24. The SMILES string of the molecule is C=C.N.NCC(=O)O. The Morgan fingerprint density at radius 3 is 1.75 bits per heavy atom. The van der Waals surface area contributed by atoms with Crippen LogP contribution in [0.25, 0.3) is 0 Å². The van der Waals surface area contributed by atoms with E-state index >= 15 is 0 Å². The van der Waals surface area contributed by atoms with E-state index in [1.165, 1.54) is 0 Å². The maximum absolute atomic E-state index is 9.24. The zero-order chi connectivity index (χ0) is 6.28. The highest BCUT2D eigenvalue weighted by Gasteiger charge is 1.81. The Morgan fingerprint density at radius 2 is 1.75 bits per heavy atom. The van der Waals surface area contributed by atoms with Crippen molar-refractivity contribution in [2.24, 2.45) is 5.73 Å². The smallest absolute Gasteiger partial charge is 0.317 e. The lowest BCUT2D eigenvalue weighted by molar-refractivity contribution is -0.135. The van der Waals surface area contributed by atoms with E-state index in [0.29, 0.717) is 0 Å². The van der Waals surface area contributed by atoms with Crippen LogP contribution in [0.4, 0.5) is 0 Å². The second-order valence-corrected chi connectivity index (χ2v) is 0.598. The lowest BCUT2D eigenvalue weighted by Crippen LogP contribution is -2.10. The molecule has 0 amide bonds. The minimum absolute atomic E-state index is 0. The summed E-state index contributed by atoms with van der Waals surface area (Å²) in [6.07, 6.45) is 0. The minimum atomic E-state index is -0.968. The second-order valence-electron chi connectivity index (χ2n) is 0.598. The molecule has 0 rings (SSSR count). The van der Waals surface area contributed by atoms with Gasteiger partial charge in [-0.1, -0.05) is 0 Å². The molecule has 0 atom stereocenters. The molecule has 0 aromatic rings. The molecule has 4 heteroatoms. The van der Waals surface area contributed by atoms with Gasteiger partial charge in [-0.25, -0.2) is 0 Å². The van der Waals surface area contributed by atoms with E-state index in [1.807, 2.05) is 0 Å². The number of rotatable bonds is 1. The predicted molar refractivity (Wildman–Crippen MR) is 33.0 cm³/mol. The van der Waals surface area contributed by atoms with Gasteiger partial charge in [0.05, 0.1) is 6.54 Å². The fraction of sp³-hybridized carbons (Fsp3) is 0.250. The molecule has 4 nitrogen and oxygen atoms in total. The average Bonchev–Trinajstić information content (AvgIpc) is 1.73. The van der Waals surface area contributed by atoms with Gasteiger partial charge in [-0.05, 0) is 0 Å². The molecule has 0 bridgehead atoms. The summed E-state index contributed by atoms with van der Waals surface area (Å²) in [7, 11) is 0. The minimum Gasteiger partial charge on any atom is -0.480 e. The Labute approximate surface area is 48.6 Å². The number of carboxylic acid groups (broad SMARTS) is 1. The third-order valence-corrected chi connectivity index (χ3v) is 0.175. The summed E-state index contributed by atoms with van der Waals surface area (Å²) in [5.41, 5.74) is 4.57. The van der Waals surface area contributed by atoms with E-state index in [9.17, 15) is 4.79 Å². The van der Waals surface area contributed by atoms with Crippen molar-refractivity contribution in [1.29, 1.82) is 0 Å². The van der Waals surface area contributed by atoms with Crippen LogP contribution < -0.4 is 11.9 Å². The lowest BCUT2D eigenvalue weighted by atomic mass is 10.7. The Hall–Kier alpha value is -0.870. The van der Waals surface area contributed by atoms with Crippen molar-refractivity contribution < 1.29 is 9.90 Å². The predicted octanol–water partition coefficient (Wildman–Crippen LogP) is -0.00610. The van der Waals surface area contributed by atoms with Gasteiger partial charge in [0, 0.05) is 0 Å². The zero-order valence-electron chi connectivity index (χ0n) is 4.76. The number of carbonyl (C=O) groups is 1. The van der Waals surface area contributed by atoms with Crippen LogP contribution in [0.3, 0.4) is 0 Å². The van der Waals surface area contributed by atoms with Crippen molar-refractivity contribution in [3.63, 3.8) is 0 Å². The maximum Gasteiger partial charge on any atom is 0.317 e. The van der Waals surface area contributed by atoms with E-state index < -0.39 is 5.97 Å². The lowest BCUT2D eigenvalue weighted by Gasteiger charge is -1.73. The van der Waals surface area contributed by atoms with Gasteiger partial charge in [-0.15, -0.1) is 13.2 Å². The molecule has 6 N–H and O–H groups in total. The molecule has 0 saturated carbocycles. The fourth-order valence-corrected chi connectivity index (χ4v) is 0. The van der Waals surface area contributed by atoms with Crippen molar-refractivity contribution in [2.75, 3.05) is 6.54 Å². The van der Waals surface area contributed by atoms with Gasteiger partial charge in [-0.3, -0.25) is 4.79 Å². The van der Waals surface area contributed by atoms with E-state index in [0.717, 1.165) is 0 Å². The van der Waals surface area contributed by atoms with Gasteiger partial charge in [0.25, 0.3) is 0 Å². The van der Waals surface area contributed by atoms with Gasteiger partial charge >= 0.3 is 5.97 Å². The Morgan fingerprint density at radius 1 is 1.62 bits per heavy atom. The summed E-state index contributed by atoms with van der Waals surface area (Å²) in [6, 6.07) is 0. The van der Waals surface area contributed by atoms with Gasteiger partial charge in [0.1, 0.15) is 0 Å². The third kappa shape index (κ3) is 68.5. The number of nitrogens with two attached hydrogens (primary N) is 1.